The molecular formula is C39H30N2O2. The molecule has 0 saturated heterocycles. The van der Waals surface area contributed by atoms with E-state index in [0.717, 1.165) is 69.7 Å². The maximum absolute atomic E-state index is 11.6. The van der Waals surface area contributed by atoms with Crippen LogP contribution in [-0.2, 0) is 4.79 Å². The number of aromatic nitrogens is 1. The number of nitrogens with zero attached hydrogens (tertiary/aromatic N) is 2. The molecule has 4 nitrogen and oxygen atoms in total. The highest BCUT2D eigenvalue weighted by Gasteiger charge is 2.19. The molecule has 0 unspecified atom stereocenters. The van der Waals surface area contributed by atoms with E-state index in [2.05, 4.69) is 88.9 Å². The zero-order valence-electron chi connectivity index (χ0n) is 23.7. The van der Waals surface area contributed by atoms with Crippen molar-refractivity contribution in [1.29, 1.82) is 0 Å². The summed E-state index contributed by atoms with van der Waals surface area (Å²) in [6.07, 6.45) is 13.8. The molecule has 0 amide bonds. The molecule has 0 radical (unpaired) electrons. The minimum atomic E-state index is 0.622. The van der Waals surface area contributed by atoms with Gasteiger partial charge in [0.2, 0.25) is 0 Å². The van der Waals surface area contributed by atoms with Crippen LogP contribution in [0, 0.1) is 0 Å². The number of anilines is 1. The van der Waals surface area contributed by atoms with Crippen molar-refractivity contribution < 1.29 is 9.59 Å². The molecule has 208 valence electrons. The molecule has 1 aliphatic heterocycles. The number of para-hydroxylation sites is 2. The first kappa shape index (κ1) is 26.4. The quantitative estimate of drug-likeness (QED) is 0.202. The van der Waals surface area contributed by atoms with Crippen LogP contribution in [0.2, 0.25) is 0 Å². The van der Waals surface area contributed by atoms with Gasteiger partial charge in [-0.15, -0.1) is 0 Å². The lowest BCUT2D eigenvalue weighted by molar-refractivity contribution is -0.104. The molecule has 43 heavy (non-hydrogen) atoms. The summed E-state index contributed by atoms with van der Waals surface area (Å²) in [6, 6.07) is 31.3. The van der Waals surface area contributed by atoms with Crippen LogP contribution in [-0.4, -0.2) is 23.7 Å². The van der Waals surface area contributed by atoms with Crippen LogP contribution >= 0.6 is 0 Å². The summed E-state index contributed by atoms with van der Waals surface area (Å²) in [5, 5.41) is 2.21. The van der Waals surface area contributed by atoms with Gasteiger partial charge in [0.25, 0.3) is 0 Å². The number of fused-ring (bicyclic) bond motifs is 4. The van der Waals surface area contributed by atoms with Crippen LogP contribution in [0.1, 0.15) is 34.3 Å². The van der Waals surface area contributed by atoms with Crippen LogP contribution in [0.15, 0.2) is 139 Å². The molecular weight excluding hydrogens is 528 g/mol. The van der Waals surface area contributed by atoms with E-state index in [-0.39, 0.29) is 0 Å². The first-order valence-corrected chi connectivity index (χ1v) is 14.5. The minimum Gasteiger partial charge on any atom is -0.341 e. The number of aldehydes is 2. The summed E-state index contributed by atoms with van der Waals surface area (Å²) in [6.45, 7) is 4.93. The average molecular weight is 559 g/mol. The third-order valence-corrected chi connectivity index (χ3v) is 8.42. The second-order valence-electron chi connectivity index (χ2n) is 11.0. The van der Waals surface area contributed by atoms with Gasteiger partial charge in [-0.05, 0) is 84.2 Å². The topological polar surface area (TPSA) is 42.3 Å². The number of carbonyl (C=O) groups excluding carboxylic acids is 2. The zero-order chi connectivity index (χ0) is 29.3. The molecule has 1 aromatic heterocycles. The highest BCUT2D eigenvalue weighted by atomic mass is 16.1. The predicted octanol–water partition coefficient (Wildman–Crippen LogP) is 8.87. The van der Waals surface area contributed by atoms with Gasteiger partial charge in [-0.3, -0.25) is 9.59 Å². The SMILES string of the molecule is C=C1/C=C(C=O)\C=C/CN(C2=CC=C(c3ccc(-n4c5ccccc5c5cc(C=O)ccc54)cc3)CC2)c2ccccc21. The molecule has 2 heterocycles. The Bertz CT molecular complexity index is 2050. The molecule has 0 spiro atoms. The lowest BCUT2D eigenvalue weighted by Gasteiger charge is -2.30. The van der Waals surface area contributed by atoms with Crippen molar-refractivity contribution in [2.75, 3.05) is 11.4 Å². The number of benzene rings is 4. The van der Waals surface area contributed by atoms with Gasteiger partial charge in [0.05, 0.1) is 11.0 Å². The highest BCUT2D eigenvalue weighted by Crippen LogP contribution is 2.37. The maximum Gasteiger partial charge on any atom is 0.150 e. The van der Waals surface area contributed by atoms with E-state index in [4.69, 9.17) is 0 Å². The summed E-state index contributed by atoms with van der Waals surface area (Å²) >= 11 is 0. The van der Waals surface area contributed by atoms with E-state index >= 15 is 0 Å². The van der Waals surface area contributed by atoms with Gasteiger partial charge in [-0.2, -0.15) is 0 Å². The summed E-state index contributed by atoms with van der Waals surface area (Å²) in [7, 11) is 0. The molecule has 5 aromatic rings. The fourth-order valence-corrected chi connectivity index (χ4v) is 6.30. The van der Waals surface area contributed by atoms with Gasteiger partial charge < -0.3 is 9.47 Å². The Hall–Kier alpha value is -5.48. The second-order valence-corrected chi connectivity index (χ2v) is 11.0. The molecule has 0 N–H and O–H groups in total. The lowest BCUT2D eigenvalue weighted by atomic mass is 9.94. The first-order valence-electron chi connectivity index (χ1n) is 14.5. The second kappa shape index (κ2) is 11.1. The molecule has 0 fully saturated rings. The Morgan fingerprint density at radius 3 is 2.33 bits per heavy atom. The van der Waals surface area contributed by atoms with Gasteiger partial charge in [0, 0.05) is 51.1 Å². The third-order valence-electron chi connectivity index (χ3n) is 8.42. The first-order chi connectivity index (χ1) is 21.1. The maximum atomic E-state index is 11.6. The van der Waals surface area contributed by atoms with Gasteiger partial charge in [0.15, 0.2) is 0 Å². The molecule has 4 heteroatoms. The zero-order valence-corrected chi connectivity index (χ0v) is 23.7. The molecule has 0 atom stereocenters. The Morgan fingerprint density at radius 2 is 1.53 bits per heavy atom. The van der Waals surface area contributed by atoms with E-state index in [9.17, 15) is 9.59 Å². The smallest absolute Gasteiger partial charge is 0.150 e. The third kappa shape index (κ3) is 4.77. The predicted molar refractivity (Wildman–Crippen MR) is 178 cm³/mol. The Labute approximate surface area is 250 Å². The molecule has 7 rings (SSSR count). The highest BCUT2D eigenvalue weighted by molar-refractivity contribution is 6.10. The Balaban J connectivity index is 1.21. The fraction of sp³-hybridized carbons (Fsp3) is 0.0769. The van der Waals surface area contributed by atoms with Crippen molar-refractivity contribution >= 4 is 51.2 Å². The fourth-order valence-electron chi connectivity index (χ4n) is 6.30. The monoisotopic (exact) mass is 558 g/mol. The van der Waals surface area contributed by atoms with Gasteiger partial charge in [-0.25, -0.2) is 0 Å². The summed E-state index contributed by atoms with van der Waals surface area (Å²) in [5.41, 5.74) is 11.3. The van der Waals surface area contributed by atoms with Crippen LogP contribution in [0.4, 0.5) is 5.69 Å². The summed E-state index contributed by atoms with van der Waals surface area (Å²) < 4.78 is 2.27. The average Bonchev–Trinajstić information content (AvgIpc) is 3.42. The number of allylic oxidation sites excluding steroid dienone is 8. The van der Waals surface area contributed by atoms with Gasteiger partial charge in [0.1, 0.15) is 12.6 Å². The molecule has 4 aromatic carbocycles. The Kier molecular flexibility index (Phi) is 6.80. The number of hydrogen-bond acceptors (Lipinski definition) is 3. The van der Waals surface area contributed by atoms with Crippen molar-refractivity contribution in [1.82, 2.24) is 4.57 Å². The number of carbonyl (C=O) groups is 2. The lowest BCUT2D eigenvalue weighted by Crippen LogP contribution is -2.24. The van der Waals surface area contributed by atoms with E-state index in [1.165, 1.54) is 16.8 Å². The molecule has 0 bridgehead atoms. The molecule has 0 saturated carbocycles. The van der Waals surface area contributed by atoms with Crippen molar-refractivity contribution in [3.8, 4) is 5.69 Å². The van der Waals surface area contributed by atoms with Crippen molar-refractivity contribution in [2.45, 2.75) is 12.8 Å². The van der Waals surface area contributed by atoms with Crippen molar-refractivity contribution in [3.63, 3.8) is 0 Å². The molecule has 1 aliphatic carbocycles. The minimum absolute atomic E-state index is 0.622. The van der Waals surface area contributed by atoms with Crippen molar-refractivity contribution in [2.24, 2.45) is 0 Å². The van der Waals surface area contributed by atoms with E-state index in [0.29, 0.717) is 17.7 Å². The number of hydrogen-bond donors (Lipinski definition) is 0. The van der Waals surface area contributed by atoms with Gasteiger partial charge >= 0.3 is 0 Å². The van der Waals surface area contributed by atoms with E-state index in [1.807, 2.05) is 48.6 Å². The standard InChI is InChI=1S/C39H30N2O2/c1-27-23-28(25-42)7-6-22-40(37-10-4-2-8-34(27)37)32-17-13-30(14-18-32)31-15-19-33(20-16-31)41-38-11-5-3-9-35(38)36-24-29(26-43)12-21-39(36)41/h2-13,15-17,19-21,23-26H,1,14,18,22H2/b7-6-,28-23+. The van der Waals surface area contributed by atoms with Crippen LogP contribution in [0.25, 0.3) is 38.6 Å². The van der Waals surface area contributed by atoms with Crippen LogP contribution in [0.5, 0.6) is 0 Å². The summed E-state index contributed by atoms with van der Waals surface area (Å²) in [5.74, 6) is 0. The normalized spacial score (nSPS) is 17.2. The van der Waals surface area contributed by atoms with Crippen molar-refractivity contribution in [3.05, 3.63) is 156 Å². The van der Waals surface area contributed by atoms with Crippen LogP contribution < -0.4 is 4.90 Å². The number of rotatable bonds is 5. The van der Waals surface area contributed by atoms with Crippen LogP contribution in [0.3, 0.4) is 0 Å². The van der Waals surface area contributed by atoms with Gasteiger partial charge in [-0.1, -0.05) is 73.3 Å². The largest absolute Gasteiger partial charge is 0.341 e. The van der Waals surface area contributed by atoms with E-state index in [1.54, 1.807) is 0 Å². The van der Waals surface area contributed by atoms with E-state index < -0.39 is 0 Å². The molecule has 2 aliphatic rings. The Morgan fingerprint density at radius 1 is 0.744 bits per heavy atom. The summed E-state index contributed by atoms with van der Waals surface area (Å²) in [4.78, 5) is 25.4.